The molecular formula is C48H80O6. The lowest BCUT2D eigenvalue weighted by Gasteiger charge is -2.18. The van der Waals surface area contributed by atoms with E-state index in [9.17, 15) is 14.4 Å². The average molecular weight is 753 g/mol. The largest absolute Gasteiger partial charge is 0.462 e. The minimum atomic E-state index is -0.814. The van der Waals surface area contributed by atoms with Gasteiger partial charge in [-0.2, -0.15) is 0 Å². The lowest BCUT2D eigenvalue weighted by Crippen LogP contribution is -2.30. The molecule has 0 radical (unpaired) electrons. The molecule has 0 fully saturated rings. The molecule has 54 heavy (non-hydrogen) atoms. The molecular weight excluding hydrogens is 673 g/mol. The Bertz CT molecular complexity index is 1050. The van der Waals surface area contributed by atoms with Crippen LogP contribution in [0.2, 0.25) is 0 Å². The van der Waals surface area contributed by atoms with Crippen molar-refractivity contribution in [3.05, 3.63) is 72.9 Å². The maximum absolute atomic E-state index is 12.7. The standard InChI is InChI=1S/C48H80O6/c1-4-7-10-13-16-19-22-23-24-25-27-29-32-35-38-41-47(50)53-44-45(43-52-46(49)40-37-34-31-28-21-18-15-12-9-6-3)54-48(51)42-39-36-33-30-26-20-17-14-11-8-5-2/h7,10,14,16-17,19,23-24,27,29,35,38,45H,4-6,8-9,11-13,15,18,20-22,25-26,28,30-34,36-37,39-44H2,1-3H3/b10-7-,17-14-,19-16-,24-23-,29-27-,38-35-. The first kappa shape index (κ1) is 50.9. The third kappa shape index (κ3) is 40.0. The Hall–Kier alpha value is -3.15. The van der Waals surface area contributed by atoms with Crippen LogP contribution in [-0.2, 0) is 28.6 Å². The fourth-order valence-corrected chi connectivity index (χ4v) is 5.67. The molecule has 6 heteroatoms. The summed E-state index contributed by atoms with van der Waals surface area (Å²) in [4.78, 5) is 37.6. The molecule has 308 valence electrons. The number of rotatable bonds is 38. The second-order valence-corrected chi connectivity index (χ2v) is 14.2. The normalized spacial score (nSPS) is 12.7. The number of unbranched alkanes of at least 4 members (excludes halogenated alkanes) is 16. The highest BCUT2D eigenvalue weighted by Gasteiger charge is 2.19. The zero-order chi connectivity index (χ0) is 39.4. The first-order valence-electron chi connectivity index (χ1n) is 21.9. The van der Waals surface area contributed by atoms with E-state index >= 15 is 0 Å². The molecule has 0 saturated carbocycles. The van der Waals surface area contributed by atoms with Gasteiger partial charge in [0.2, 0.25) is 0 Å². The van der Waals surface area contributed by atoms with Crippen LogP contribution in [-0.4, -0.2) is 37.2 Å². The number of hydrogen-bond donors (Lipinski definition) is 0. The highest BCUT2D eigenvalue weighted by molar-refractivity contribution is 5.72. The summed E-state index contributed by atoms with van der Waals surface area (Å²) in [5.41, 5.74) is 0. The summed E-state index contributed by atoms with van der Waals surface area (Å²) in [6.45, 7) is 6.35. The van der Waals surface area contributed by atoms with E-state index in [4.69, 9.17) is 14.2 Å². The molecule has 6 nitrogen and oxygen atoms in total. The van der Waals surface area contributed by atoms with Crippen LogP contribution in [0, 0.1) is 0 Å². The minimum absolute atomic E-state index is 0.108. The molecule has 0 aliphatic heterocycles. The highest BCUT2D eigenvalue weighted by atomic mass is 16.6. The smallest absolute Gasteiger partial charge is 0.309 e. The summed E-state index contributed by atoms with van der Waals surface area (Å²) >= 11 is 0. The molecule has 0 aliphatic rings. The van der Waals surface area contributed by atoms with Crippen molar-refractivity contribution in [3.8, 4) is 0 Å². The molecule has 0 aromatic carbocycles. The lowest BCUT2D eigenvalue weighted by atomic mass is 10.1. The summed E-state index contributed by atoms with van der Waals surface area (Å²) in [5, 5.41) is 0. The molecule has 1 unspecified atom stereocenters. The average Bonchev–Trinajstić information content (AvgIpc) is 3.17. The first-order chi connectivity index (χ1) is 26.5. The maximum Gasteiger partial charge on any atom is 0.309 e. The van der Waals surface area contributed by atoms with E-state index in [0.717, 1.165) is 83.5 Å². The van der Waals surface area contributed by atoms with Crippen LogP contribution in [0.4, 0.5) is 0 Å². The van der Waals surface area contributed by atoms with Crippen LogP contribution in [0.15, 0.2) is 72.9 Å². The van der Waals surface area contributed by atoms with Crippen molar-refractivity contribution in [3.63, 3.8) is 0 Å². The van der Waals surface area contributed by atoms with Crippen molar-refractivity contribution < 1.29 is 28.6 Å². The van der Waals surface area contributed by atoms with Crippen molar-refractivity contribution in [2.75, 3.05) is 13.2 Å². The highest BCUT2D eigenvalue weighted by Crippen LogP contribution is 2.13. The Labute approximate surface area is 332 Å². The van der Waals surface area contributed by atoms with Gasteiger partial charge in [0.25, 0.3) is 0 Å². The fourth-order valence-electron chi connectivity index (χ4n) is 5.67. The second kappa shape index (κ2) is 42.6. The van der Waals surface area contributed by atoms with Crippen LogP contribution in [0.1, 0.15) is 194 Å². The van der Waals surface area contributed by atoms with Crippen molar-refractivity contribution >= 4 is 17.9 Å². The minimum Gasteiger partial charge on any atom is -0.462 e. The van der Waals surface area contributed by atoms with Crippen LogP contribution in [0.5, 0.6) is 0 Å². The molecule has 1 atom stereocenters. The number of carbonyl (C=O) groups is 3. The summed E-state index contributed by atoms with van der Waals surface area (Å²) in [6.07, 6.45) is 51.9. The van der Waals surface area contributed by atoms with Gasteiger partial charge in [0, 0.05) is 12.8 Å². The number of allylic oxidation sites excluding steroid dienone is 11. The van der Waals surface area contributed by atoms with Gasteiger partial charge in [-0.3, -0.25) is 14.4 Å². The maximum atomic E-state index is 12.7. The molecule has 0 aromatic heterocycles. The van der Waals surface area contributed by atoms with Crippen molar-refractivity contribution in [1.82, 2.24) is 0 Å². The molecule has 0 amide bonds. The molecule has 0 spiro atoms. The van der Waals surface area contributed by atoms with Gasteiger partial charge < -0.3 is 14.2 Å². The predicted molar refractivity (Wildman–Crippen MR) is 228 cm³/mol. The quantitative estimate of drug-likeness (QED) is 0.0270. The van der Waals surface area contributed by atoms with Crippen LogP contribution < -0.4 is 0 Å². The van der Waals surface area contributed by atoms with Gasteiger partial charge in [-0.15, -0.1) is 0 Å². The topological polar surface area (TPSA) is 78.9 Å². The van der Waals surface area contributed by atoms with E-state index in [1.807, 2.05) is 6.08 Å². The van der Waals surface area contributed by atoms with Crippen molar-refractivity contribution in [2.24, 2.45) is 0 Å². The van der Waals surface area contributed by atoms with Gasteiger partial charge in [-0.05, 0) is 64.2 Å². The second-order valence-electron chi connectivity index (χ2n) is 14.2. The van der Waals surface area contributed by atoms with E-state index in [-0.39, 0.29) is 31.6 Å². The zero-order valence-corrected chi connectivity index (χ0v) is 35.0. The Balaban J connectivity index is 4.52. The SMILES string of the molecule is CC/C=C\C/C=C\C/C=C\C/C=C\C/C=C\CC(=O)OCC(COC(=O)CCCCCCCCCCCC)OC(=O)CCCCCCC/C=C\CCCC. The van der Waals surface area contributed by atoms with E-state index in [0.29, 0.717) is 12.8 Å². The molecule has 0 bridgehead atoms. The molecule has 0 rings (SSSR count). The zero-order valence-electron chi connectivity index (χ0n) is 35.0. The van der Waals surface area contributed by atoms with Gasteiger partial charge in [0.05, 0.1) is 6.42 Å². The summed E-state index contributed by atoms with van der Waals surface area (Å²) in [7, 11) is 0. The Morgan fingerprint density at radius 1 is 0.407 bits per heavy atom. The van der Waals surface area contributed by atoms with Crippen molar-refractivity contribution in [2.45, 2.75) is 200 Å². The van der Waals surface area contributed by atoms with E-state index in [1.165, 1.54) is 70.6 Å². The molecule has 0 aromatic rings. The number of hydrogen-bond acceptors (Lipinski definition) is 6. The molecule has 0 N–H and O–H groups in total. The van der Waals surface area contributed by atoms with Crippen molar-refractivity contribution in [1.29, 1.82) is 0 Å². The van der Waals surface area contributed by atoms with Gasteiger partial charge in [0.1, 0.15) is 13.2 Å². The fraction of sp³-hybridized carbons (Fsp3) is 0.688. The predicted octanol–water partition coefficient (Wildman–Crippen LogP) is 13.9. The third-order valence-electron chi connectivity index (χ3n) is 8.98. The van der Waals surface area contributed by atoms with Gasteiger partial charge in [-0.25, -0.2) is 0 Å². The van der Waals surface area contributed by atoms with Gasteiger partial charge in [0.15, 0.2) is 6.10 Å². The van der Waals surface area contributed by atoms with E-state index in [1.54, 1.807) is 6.08 Å². The van der Waals surface area contributed by atoms with E-state index < -0.39 is 12.1 Å². The Kier molecular flexibility index (Phi) is 40.1. The molecule has 0 heterocycles. The van der Waals surface area contributed by atoms with Crippen LogP contribution in [0.3, 0.4) is 0 Å². The van der Waals surface area contributed by atoms with E-state index in [2.05, 4.69) is 81.5 Å². The lowest BCUT2D eigenvalue weighted by molar-refractivity contribution is -0.166. The third-order valence-corrected chi connectivity index (χ3v) is 8.98. The Morgan fingerprint density at radius 2 is 0.815 bits per heavy atom. The first-order valence-corrected chi connectivity index (χ1v) is 21.9. The van der Waals surface area contributed by atoms with Gasteiger partial charge >= 0.3 is 17.9 Å². The van der Waals surface area contributed by atoms with Crippen LogP contribution >= 0.6 is 0 Å². The number of ether oxygens (including phenoxy) is 3. The van der Waals surface area contributed by atoms with Crippen LogP contribution in [0.25, 0.3) is 0 Å². The number of esters is 3. The number of carbonyl (C=O) groups excluding carboxylic acids is 3. The Morgan fingerprint density at radius 3 is 1.33 bits per heavy atom. The summed E-state index contributed by atoms with van der Waals surface area (Å²) in [5.74, 6) is -1.06. The monoisotopic (exact) mass is 753 g/mol. The van der Waals surface area contributed by atoms with Gasteiger partial charge in [-0.1, -0.05) is 184 Å². The summed E-state index contributed by atoms with van der Waals surface area (Å²) < 4.78 is 16.5. The molecule has 0 saturated heterocycles. The molecule has 0 aliphatic carbocycles. The summed E-state index contributed by atoms with van der Waals surface area (Å²) in [6, 6.07) is 0.